The zero-order valence-electron chi connectivity index (χ0n) is 8.13. The second kappa shape index (κ2) is 3.82. The van der Waals surface area contributed by atoms with E-state index in [-0.39, 0.29) is 5.54 Å². The average Bonchev–Trinajstić information content (AvgIpc) is 2.73. The third kappa shape index (κ3) is 1.52. The van der Waals surface area contributed by atoms with Crippen LogP contribution in [0.25, 0.3) is 0 Å². The van der Waals surface area contributed by atoms with Crippen molar-refractivity contribution in [3.05, 3.63) is 18.7 Å². The van der Waals surface area contributed by atoms with Crippen molar-refractivity contribution >= 4 is 6.21 Å². The summed E-state index contributed by atoms with van der Waals surface area (Å²) in [4.78, 5) is 4.04. The molecule has 0 aliphatic heterocycles. The van der Waals surface area contributed by atoms with Gasteiger partial charge in [-0.2, -0.15) is 0 Å². The molecule has 1 aromatic heterocycles. The highest BCUT2D eigenvalue weighted by Crippen LogP contribution is 2.33. The van der Waals surface area contributed by atoms with Crippen LogP contribution in [0.5, 0.6) is 0 Å². The first-order valence-corrected chi connectivity index (χ1v) is 5.04. The SMILES string of the molecule is ON=CC1(n2ccnc2)CCCCC1. The van der Waals surface area contributed by atoms with Gasteiger partial charge < -0.3 is 9.77 Å². The monoisotopic (exact) mass is 193 g/mol. The molecule has 4 heteroatoms. The van der Waals surface area contributed by atoms with Crippen molar-refractivity contribution in [1.82, 2.24) is 9.55 Å². The summed E-state index contributed by atoms with van der Waals surface area (Å²) in [6.07, 6.45) is 12.9. The third-order valence-electron chi connectivity index (χ3n) is 3.04. The van der Waals surface area contributed by atoms with Crippen LogP contribution in [0.15, 0.2) is 23.9 Å². The zero-order valence-corrected chi connectivity index (χ0v) is 8.13. The lowest BCUT2D eigenvalue weighted by atomic mass is 9.82. The molecule has 1 N–H and O–H groups in total. The van der Waals surface area contributed by atoms with Crippen LogP contribution < -0.4 is 0 Å². The maximum absolute atomic E-state index is 8.72. The summed E-state index contributed by atoms with van der Waals surface area (Å²) in [6.45, 7) is 0. The molecule has 0 unspecified atom stereocenters. The zero-order chi connectivity index (χ0) is 9.86. The van der Waals surface area contributed by atoms with Crippen LogP contribution in [-0.2, 0) is 5.54 Å². The maximum Gasteiger partial charge on any atom is 0.0954 e. The van der Waals surface area contributed by atoms with Crippen molar-refractivity contribution in [2.45, 2.75) is 37.6 Å². The molecule has 1 fully saturated rings. The van der Waals surface area contributed by atoms with Gasteiger partial charge in [-0.05, 0) is 12.8 Å². The van der Waals surface area contributed by atoms with E-state index in [4.69, 9.17) is 5.21 Å². The first-order chi connectivity index (χ1) is 6.87. The molecule has 0 atom stereocenters. The van der Waals surface area contributed by atoms with Crippen LogP contribution in [-0.4, -0.2) is 21.0 Å². The van der Waals surface area contributed by atoms with Crippen LogP contribution in [0.2, 0.25) is 0 Å². The van der Waals surface area contributed by atoms with E-state index in [1.165, 1.54) is 19.3 Å². The van der Waals surface area contributed by atoms with Crippen LogP contribution in [0, 0.1) is 0 Å². The number of oxime groups is 1. The van der Waals surface area contributed by atoms with Gasteiger partial charge in [0, 0.05) is 12.4 Å². The lowest BCUT2D eigenvalue weighted by Gasteiger charge is -2.34. The largest absolute Gasteiger partial charge is 0.411 e. The molecule has 4 nitrogen and oxygen atoms in total. The highest BCUT2D eigenvalue weighted by molar-refractivity contribution is 5.67. The molecule has 0 bridgehead atoms. The molecule has 0 saturated heterocycles. The van der Waals surface area contributed by atoms with E-state index < -0.39 is 0 Å². The smallest absolute Gasteiger partial charge is 0.0954 e. The summed E-state index contributed by atoms with van der Waals surface area (Å²) in [6, 6.07) is 0. The highest BCUT2D eigenvalue weighted by atomic mass is 16.4. The van der Waals surface area contributed by atoms with Crippen molar-refractivity contribution in [2.24, 2.45) is 5.16 Å². The molecular weight excluding hydrogens is 178 g/mol. The minimum absolute atomic E-state index is 0.135. The van der Waals surface area contributed by atoms with E-state index in [1.807, 2.05) is 10.8 Å². The van der Waals surface area contributed by atoms with Gasteiger partial charge in [0.1, 0.15) is 0 Å². The Balaban J connectivity index is 2.30. The minimum Gasteiger partial charge on any atom is -0.411 e. The molecule has 0 aromatic carbocycles. The summed E-state index contributed by atoms with van der Waals surface area (Å²) >= 11 is 0. The summed E-state index contributed by atoms with van der Waals surface area (Å²) < 4.78 is 2.05. The Labute approximate surface area is 83.3 Å². The van der Waals surface area contributed by atoms with E-state index in [1.54, 1.807) is 18.7 Å². The second-order valence-corrected chi connectivity index (χ2v) is 3.88. The third-order valence-corrected chi connectivity index (χ3v) is 3.04. The Morgan fingerprint density at radius 1 is 1.36 bits per heavy atom. The Hall–Kier alpha value is -1.32. The average molecular weight is 193 g/mol. The summed E-state index contributed by atoms with van der Waals surface area (Å²) in [7, 11) is 0. The van der Waals surface area contributed by atoms with Crippen LogP contribution in [0.4, 0.5) is 0 Å². The van der Waals surface area contributed by atoms with E-state index >= 15 is 0 Å². The number of hydrogen-bond acceptors (Lipinski definition) is 3. The molecule has 14 heavy (non-hydrogen) atoms. The highest BCUT2D eigenvalue weighted by Gasteiger charge is 2.31. The van der Waals surface area contributed by atoms with Gasteiger partial charge in [0.05, 0.1) is 18.1 Å². The van der Waals surface area contributed by atoms with Crippen molar-refractivity contribution in [1.29, 1.82) is 0 Å². The molecule has 76 valence electrons. The fourth-order valence-corrected chi connectivity index (χ4v) is 2.25. The quantitative estimate of drug-likeness (QED) is 0.443. The van der Waals surface area contributed by atoms with E-state index in [2.05, 4.69) is 10.1 Å². The topological polar surface area (TPSA) is 50.4 Å². The number of imidazole rings is 1. The molecule has 0 spiro atoms. The lowest BCUT2D eigenvalue weighted by molar-refractivity contribution is 0.266. The van der Waals surface area contributed by atoms with Crippen LogP contribution >= 0.6 is 0 Å². The molecule has 1 aromatic rings. The molecule has 1 aliphatic carbocycles. The number of aromatic nitrogens is 2. The van der Waals surface area contributed by atoms with Crippen molar-refractivity contribution in [3.8, 4) is 0 Å². The summed E-state index contributed by atoms with van der Waals surface area (Å²) in [5, 5.41) is 11.9. The van der Waals surface area contributed by atoms with Gasteiger partial charge in [-0.25, -0.2) is 4.98 Å². The number of rotatable bonds is 2. The minimum atomic E-state index is -0.135. The van der Waals surface area contributed by atoms with E-state index in [0.29, 0.717) is 0 Å². The molecule has 0 radical (unpaired) electrons. The Kier molecular flexibility index (Phi) is 2.52. The van der Waals surface area contributed by atoms with Gasteiger partial charge in [-0.15, -0.1) is 0 Å². The molecule has 1 aliphatic rings. The number of hydrogen-bond donors (Lipinski definition) is 1. The fraction of sp³-hybridized carbons (Fsp3) is 0.600. The van der Waals surface area contributed by atoms with E-state index in [9.17, 15) is 0 Å². The van der Waals surface area contributed by atoms with Gasteiger partial charge in [-0.1, -0.05) is 24.4 Å². The predicted octanol–water partition coefficient (Wildman–Crippen LogP) is 2.00. The molecule has 1 saturated carbocycles. The first-order valence-electron chi connectivity index (χ1n) is 5.04. The Bertz CT molecular complexity index is 299. The maximum atomic E-state index is 8.72. The van der Waals surface area contributed by atoms with E-state index in [0.717, 1.165) is 12.8 Å². The molecule has 2 rings (SSSR count). The van der Waals surface area contributed by atoms with Gasteiger partial charge in [0.15, 0.2) is 0 Å². The van der Waals surface area contributed by atoms with Crippen LogP contribution in [0.3, 0.4) is 0 Å². The first kappa shape index (κ1) is 9.24. The summed E-state index contributed by atoms with van der Waals surface area (Å²) in [5.74, 6) is 0. The van der Waals surface area contributed by atoms with Crippen molar-refractivity contribution < 1.29 is 5.21 Å². The van der Waals surface area contributed by atoms with Gasteiger partial charge >= 0.3 is 0 Å². The Morgan fingerprint density at radius 2 is 2.14 bits per heavy atom. The van der Waals surface area contributed by atoms with Gasteiger partial charge in [0.2, 0.25) is 0 Å². The molecular formula is C10H15N3O. The normalized spacial score (nSPS) is 21.4. The van der Waals surface area contributed by atoms with Crippen molar-refractivity contribution in [2.75, 3.05) is 0 Å². The van der Waals surface area contributed by atoms with Crippen molar-refractivity contribution in [3.63, 3.8) is 0 Å². The second-order valence-electron chi connectivity index (χ2n) is 3.88. The molecule has 0 amide bonds. The molecule has 1 heterocycles. The Morgan fingerprint density at radius 3 is 2.71 bits per heavy atom. The number of nitrogens with zero attached hydrogens (tertiary/aromatic N) is 3. The standard InChI is InChI=1S/C10H15N3O/c14-12-8-10(4-2-1-3-5-10)13-7-6-11-9-13/h6-9,14H,1-5H2. The summed E-state index contributed by atoms with van der Waals surface area (Å²) in [5.41, 5.74) is -0.135. The predicted molar refractivity (Wildman–Crippen MR) is 53.6 cm³/mol. The lowest BCUT2D eigenvalue weighted by Crippen LogP contribution is -2.36. The van der Waals surface area contributed by atoms with Gasteiger partial charge in [0.25, 0.3) is 0 Å². The van der Waals surface area contributed by atoms with Crippen LogP contribution in [0.1, 0.15) is 32.1 Å². The fourth-order valence-electron chi connectivity index (χ4n) is 2.25. The van der Waals surface area contributed by atoms with Gasteiger partial charge in [-0.3, -0.25) is 0 Å².